The normalized spacial score (nSPS) is 11.2. The SMILES string of the molecule is O=C(Nc1ccc(Nc2cccc(C(F)(F)F)c2)nn1)c1ccc(F)c(F)c1. The smallest absolute Gasteiger partial charge is 0.339 e. The molecule has 0 aliphatic carbocycles. The number of nitrogens with one attached hydrogen (secondary N) is 2. The molecule has 5 nitrogen and oxygen atoms in total. The largest absolute Gasteiger partial charge is 0.416 e. The summed E-state index contributed by atoms with van der Waals surface area (Å²) in [4.78, 5) is 12.0. The number of anilines is 3. The quantitative estimate of drug-likeness (QED) is 0.626. The molecule has 0 saturated carbocycles. The molecule has 0 spiro atoms. The topological polar surface area (TPSA) is 66.9 Å². The lowest BCUT2D eigenvalue weighted by atomic mass is 10.2. The summed E-state index contributed by atoms with van der Waals surface area (Å²) in [5.41, 5.74) is -0.782. The first-order valence-electron chi connectivity index (χ1n) is 7.77. The molecular weight excluding hydrogens is 383 g/mol. The van der Waals surface area contributed by atoms with E-state index in [1.165, 1.54) is 24.3 Å². The van der Waals surface area contributed by atoms with Crippen molar-refractivity contribution in [2.24, 2.45) is 0 Å². The third-order valence-electron chi connectivity index (χ3n) is 3.55. The van der Waals surface area contributed by atoms with Crippen molar-refractivity contribution in [3.8, 4) is 0 Å². The van der Waals surface area contributed by atoms with E-state index in [1.807, 2.05) is 0 Å². The Bertz CT molecular complexity index is 1010. The Morgan fingerprint density at radius 1 is 0.857 bits per heavy atom. The second-order valence-electron chi connectivity index (χ2n) is 5.59. The monoisotopic (exact) mass is 394 g/mol. The standard InChI is InChI=1S/C18H11F5N4O/c19-13-5-4-10(8-14(13)20)17(28)25-16-7-6-15(26-27-16)24-12-3-1-2-11(9-12)18(21,22)23/h1-9H,(H,24,26)(H,25,27,28). The van der Waals surface area contributed by atoms with E-state index in [-0.39, 0.29) is 22.9 Å². The van der Waals surface area contributed by atoms with Crippen LogP contribution in [0.3, 0.4) is 0 Å². The molecule has 0 aliphatic heterocycles. The maximum Gasteiger partial charge on any atom is 0.416 e. The molecule has 0 aliphatic rings. The highest BCUT2D eigenvalue weighted by molar-refractivity contribution is 6.03. The number of hydrogen-bond acceptors (Lipinski definition) is 4. The fourth-order valence-corrected chi connectivity index (χ4v) is 2.21. The molecular formula is C18H11F5N4O. The van der Waals surface area contributed by atoms with Crippen molar-refractivity contribution in [1.82, 2.24) is 10.2 Å². The molecule has 28 heavy (non-hydrogen) atoms. The van der Waals surface area contributed by atoms with Crippen LogP contribution in [0.2, 0.25) is 0 Å². The van der Waals surface area contributed by atoms with E-state index in [0.717, 1.165) is 30.3 Å². The van der Waals surface area contributed by atoms with Gasteiger partial charge in [-0.1, -0.05) is 6.07 Å². The van der Waals surface area contributed by atoms with Crippen molar-refractivity contribution < 1.29 is 26.7 Å². The molecule has 1 heterocycles. The van der Waals surface area contributed by atoms with Crippen LogP contribution >= 0.6 is 0 Å². The van der Waals surface area contributed by atoms with E-state index in [4.69, 9.17) is 0 Å². The van der Waals surface area contributed by atoms with Gasteiger partial charge in [-0.3, -0.25) is 4.79 Å². The number of benzene rings is 2. The molecule has 2 N–H and O–H groups in total. The predicted molar refractivity (Wildman–Crippen MR) is 91.1 cm³/mol. The van der Waals surface area contributed by atoms with Gasteiger partial charge in [-0.25, -0.2) is 8.78 Å². The summed E-state index contributed by atoms with van der Waals surface area (Å²) >= 11 is 0. The van der Waals surface area contributed by atoms with E-state index < -0.39 is 29.3 Å². The Morgan fingerprint density at radius 3 is 2.21 bits per heavy atom. The Kier molecular flexibility index (Phi) is 5.21. The lowest BCUT2D eigenvalue weighted by Gasteiger charge is -2.10. The molecule has 1 aromatic heterocycles. The third kappa shape index (κ3) is 4.58. The van der Waals surface area contributed by atoms with Crippen molar-refractivity contribution in [2.45, 2.75) is 6.18 Å². The first-order valence-corrected chi connectivity index (χ1v) is 7.77. The van der Waals surface area contributed by atoms with Crippen molar-refractivity contribution in [3.63, 3.8) is 0 Å². The summed E-state index contributed by atoms with van der Waals surface area (Å²) in [6.07, 6.45) is -4.47. The first-order chi connectivity index (χ1) is 13.2. The van der Waals surface area contributed by atoms with Gasteiger partial charge >= 0.3 is 6.18 Å². The Balaban J connectivity index is 1.68. The minimum Gasteiger partial charge on any atom is -0.339 e. The van der Waals surface area contributed by atoms with Crippen LogP contribution in [0.25, 0.3) is 0 Å². The van der Waals surface area contributed by atoms with Gasteiger partial charge in [-0.2, -0.15) is 13.2 Å². The maximum atomic E-state index is 13.2. The summed E-state index contributed by atoms with van der Waals surface area (Å²) in [5, 5.41) is 12.5. The number of carbonyl (C=O) groups is 1. The lowest BCUT2D eigenvalue weighted by Crippen LogP contribution is -2.14. The van der Waals surface area contributed by atoms with Gasteiger partial charge < -0.3 is 10.6 Å². The van der Waals surface area contributed by atoms with Gasteiger partial charge in [-0.15, -0.1) is 10.2 Å². The molecule has 1 amide bonds. The summed E-state index contributed by atoms with van der Waals surface area (Å²) in [6, 6.07) is 9.91. The molecule has 2 aromatic carbocycles. The Hall–Kier alpha value is -3.56. The number of alkyl halides is 3. The number of halogens is 5. The molecule has 144 valence electrons. The minimum absolute atomic E-state index is 0.0179. The zero-order valence-electron chi connectivity index (χ0n) is 13.9. The average Bonchev–Trinajstić information content (AvgIpc) is 2.65. The molecule has 0 radical (unpaired) electrons. The number of aromatic nitrogens is 2. The molecule has 0 bridgehead atoms. The highest BCUT2D eigenvalue weighted by Crippen LogP contribution is 2.31. The molecule has 0 unspecified atom stereocenters. The van der Waals surface area contributed by atoms with Crippen LogP contribution < -0.4 is 10.6 Å². The Labute approximate surface area is 155 Å². The van der Waals surface area contributed by atoms with Crippen molar-refractivity contribution in [1.29, 1.82) is 0 Å². The highest BCUT2D eigenvalue weighted by Gasteiger charge is 2.30. The minimum atomic E-state index is -4.47. The van der Waals surface area contributed by atoms with Crippen LogP contribution in [0.15, 0.2) is 54.6 Å². The highest BCUT2D eigenvalue weighted by atomic mass is 19.4. The fraction of sp³-hybridized carbons (Fsp3) is 0.0556. The van der Waals surface area contributed by atoms with Gasteiger partial charge in [0.2, 0.25) is 0 Å². The van der Waals surface area contributed by atoms with Gasteiger partial charge in [0.1, 0.15) is 0 Å². The lowest BCUT2D eigenvalue weighted by molar-refractivity contribution is -0.137. The number of carbonyl (C=O) groups excluding carboxylic acids is 1. The number of hydrogen-bond donors (Lipinski definition) is 2. The third-order valence-corrected chi connectivity index (χ3v) is 3.55. The van der Waals surface area contributed by atoms with Crippen molar-refractivity contribution >= 4 is 23.2 Å². The van der Waals surface area contributed by atoms with Gasteiger partial charge in [0.05, 0.1) is 5.56 Å². The molecule has 0 fully saturated rings. The van der Waals surface area contributed by atoms with Crippen LogP contribution in [-0.4, -0.2) is 16.1 Å². The summed E-state index contributed by atoms with van der Waals surface area (Å²) in [7, 11) is 0. The van der Waals surface area contributed by atoms with Crippen molar-refractivity contribution in [2.75, 3.05) is 10.6 Å². The van der Waals surface area contributed by atoms with Gasteiger partial charge in [-0.05, 0) is 48.5 Å². The van der Waals surface area contributed by atoms with Gasteiger partial charge in [0.15, 0.2) is 23.3 Å². The second kappa shape index (κ2) is 7.59. The van der Waals surface area contributed by atoms with Crippen LogP contribution in [-0.2, 0) is 6.18 Å². The molecule has 3 aromatic rings. The number of rotatable bonds is 4. The van der Waals surface area contributed by atoms with E-state index in [0.29, 0.717) is 0 Å². The van der Waals surface area contributed by atoms with Gasteiger partial charge in [0, 0.05) is 11.3 Å². The van der Waals surface area contributed by atoms with Crippen LogP contribution in [0.4, 0.5) is 39.3 Å². The second-order valence-corrected chi connectivity index (χ2v) is 5.59. The molecule has 3 rings (SSSR count). The van der Waals surface area contributed by atoms with Crippen LogP contribution in [0, 0.1) is 11.6 Å². The molecule has 0 atom stereocenters. The van der Waals surface area contributed by atoms with Crippen LogP contribution in [0.5, 0.6) is 0 Å². The predicted octanol–water partition coefficient (Wildman–Crippen LogP) is 4.77. The molecule has 10 heteroatoms. The molecule has 0 saturated heterocycles. The fourth-order valence-electron chi connectivity index (χ4n) is 2.21. The van der Waals surface area contributed by atoms with E-state index in [1.54, 1.807) is 0 Å². The van der Waals surface area contributed by atoms with E-state index >= 15 is 0 Å². The van der Waals surface area contributed by atoms with Gasteiger partial charge in [0.25, 0.3) is 5.91 Å². The van der Waals surface area contributed by atoms with Crippen LogP contribution in [0.1, 0.15) is 15.9 Å². The Morgan fingerprint density at radius 2 is 1.57 bits per heavy atom. The summed E-state index contributed by atoms with van der Waals surface area (Å²) in [5.74, 6) is -2.82. The zero-order chi connectivity index (χ0) is 20.3. The number of amides is 1. The summed E-state index contributed by atoms with van der Waals surface area (Å²) < 4.78 is 64.3. The summed E-state index contributed by atoms with van der Waals surface area (Å²) in [6.45, 7) is 0. The maximum absolute atomic E-state index is 13.2. The van der Waals surface area contributed by atoms with E-state index in [2.05, 4.69) is 20.8 Å². The number of nitrogens with zero attached hydrogens (tertiary/aromatic N) is 2. The first kappa shape index (κ1) is 19.2. The van der Waals surface area contributed by atoms with Crippen molar-refractivity contribution in [3.05, 3.63) is 77.4 Å². The van der Waals surface area contributed by atoms with E-state index in [9.17, 15) is 26.7 Å². The zero-order valence-corrected chi connectivity index (χ0v) is 13.9. The average molecular weight is 394 g/mol.